The van der Waals surface area contributed by atoms with Gasteiger partial charge >= 0.3 is 0 Å². The quantitative estimate of drug-likeness (QED) is 0.106. The van der Waals surface area contributed by atoms with Crippen molar-refractivity contribution in [1.82, 2.24) is 0 Å². The lowest BCUT2D eigenvalue weighted by Crippen LogP contribution is -2.30. The zero-order valence-corrected chi connectivity index (χ0v) is 82.0. The number of fused-ring (bicyclic) bond motifs is 15. The molecule has 15 heteroatoms. The topological polar surface area (TPSA) is 107 Å². The highest BCUT2D eigenvalue weighted by Crippen LogP contribution is 2.51. The summed E-state index contributed by atoms with van der Waals surface area (Å²) in [6.45, 7) is 58.9. The van der Waals surface area contributed by atoms with Crippen LogP contribution in [0.25, 0.3) is 224 Å². The number of aryl methyl sites for hydroxylation is 12. The van der Waals surface area contributed by atoms with Gasteiger partial charge in [-0.15, -0.1) is 0 Å². The Morgan fingerprint density at radius 3 is 0.838 bits per heavy atom. The Morgan fingerprint density at radius 2 is 0.514 bits per heavy atom. The van der Waals surface area contributed by atoms with Crippen LogP contribution in [0.4, 0.5) is 28.4 Å². The van der Waals surface area contributed by atoms with Gasteiger partial charge in [0.1, 0.15) is 91.1 Å². The van der Waals surface area contributed by atoms with Crippen LogP contribution in [0, 0.1) is 109 Å². The van der Waals surface area contributed by atoms with Crippen LogP contribution in [-0.4, -0.2) is 0 Å². The molecule has 0 aliphatic heterocycles. The second-order valence-electron chi connectivity index (χ2n) is 36.2. The molecule has 0 bridgehead atoms. The van der Waals surface area contributed by atoms with Crippen LogP contribution in [0.1, 0.15) is 98.8 Å². The van der Waals surface area contributed by atoms with E-state index in [0.29, 0.717) is 78.2 Å². The number of hydrogen-bond donors (Lipinski definition) is 0. The molecule has 23 aromatic rings. The number of aromatic nitrogens is 5. The molecule has 10 heterocycles. The van der Waals surface area contributed by atoms with Crippen LogP contribution < -0.4 is 22.8 Å². The maximum absolute atomic E-state index is 8.75. The van der Waals surface area contributed by atoms with Gasteiger partial charge in [-0.3, -0.25) is 0 Å². The molecule has 1 unspecified atom stereocenters. The number of pyridine rings is 5. The molecule has 23 rings (SSSR count). The predicted octanol–water partition coefficient (Wildman–Crippen LogP) is 32.7. The third-order valence-electron chi connectivity index (χ3n) is 27.6. The molecule has 0 N–H and O–H groups in total. The average molecular weight is 1860 g/mol. The third-order valence-corrected chi connectivity index (χ3v) is 27.6. The van der Waals surface area contributed by atoms with Crippen molar-refractivity contribution in [3.8, 4) is 89.7 Å². The average Bonchev–Trinajstić information content (AvgIpc) is 1.67. The summed E-state index contributed by atoms with van der Waals surface area (Å²) in [4.78, 5) is 18.6. The molecule has 0 radical (unpaired) electrons. The van der Waals surface area contributed by atoms with Crippen LogP contribution in [0.2, 0.25) is 0 Å². The summed E-state index contributed by atoms with van der Waals surface area (Å²) in [6, 6.07) is 78.7. The maximum Gasteiger partial charge on any atom is 0.216 e. The summed E-state index contributed by atoms with van der Waals surface area (Å²) < 4.78 is 117. The van der Waals surface area contributed by atoms with Crippen molar-refractivity contribution in [3.63, 3.8) is 0 Å². The largest absolute Gasteiger partial charge is 0.455 e. The SMILES string of the molecule is [2H]C([2H])([2H])C([2H])(C)c1c(C)c([N+]#[C-])cc2c1oc1c(-c3cccc[n+]3C)c(C)ccc12.[2H]c1c([2H])c([2H])c(-c2c(C)c([N+]#[C-])cc3c2oc2c(-c4cccc[n+]4C)c(C)ccc23)c([2H])c1[2H].[C-]#[N+]c1cc2c(oc3c(-c4cccc[n+]4C)c(C)ccc32)c(-c2ccccc2)c1C.[C-]#[N+]c1cc2c(oc3c(-c4cccc[n+]4C)c(C)ccc32)c(C)c1-c1ccccc1.[C-]#[N+]c1cc2c(oc3c(-c4cccc[n+]4C)c(C)ccc32)c(C)c1C. The second-order valence-corrected chi connectivity index (χ2v) is 36.2. The first-order valence-electron chi connectivity index (χ1n) is 51.1. The molecule has 0 saturated carbocycles. The Hall–Kier alpha value is -17.9. The van der Waals surface area contributed by atoms with Gasteiger partial charge in [-0.2, -0.15) is 0 Å². The van der Waals surface area contributed by atoms with Crippen molar-refractivity contribution in [2.45, 2.75) is 95.8 Å². The molecular formula is C127H105N10O5+5. The summed E-state index contributed by atoms with van der Waals surface area (Å²) in [7, 11) is 10.1. The highest BCUT2D eigenvalue weighted by Gasteiger charge is 2.31. The summed E-state index contributed by atoms with van der Waals surface area (Å²) >= 11 is 0. The van der Waals surface area contributed by atoms with E-state index in [1.165, 1.54) is 12.5 Å². The molecule has 13 aromatic carbocycles. The molecule has 0 aliphatic carbocycles. The van der Waals surface area contributed by atoms with Crippen LogP contribution in [0.5, 0.6) is 0 Å². The van der Waals surface area contributed by atoms with Gasteiger partial charge in [0.15, 0.2) is 59.4 Å². The molecule has 0 spiro atoms. The van der Waals surface area contributed by atoms with Crippen LogP contribution in [0.3, 0.4) is 0 Å². The molecule has 10 aromatic heterocycles. The first-order valence-corrected chi connectivity index (χ1v) is 46.6. The van der Waals surface area contributed by atoms with E-state index in [1.807, 2.05) is 274 Å². The number of hydrogen-bond acceptors (Lipinski definition) is 5. The van der Waals surface area contributed by atoms with E-state index in [2.05, 4.69) is 132 Å². The minimum absolute atomic E-state index is 0.0339. The van der Waals surface area contributed by atoms with Gasteiger partial charge < -0.3 is 22.1 Å². The van der Waals surface area contributed by atoms with Gasteiger partial charge in [-0.25, -0.2) is 47.1 Å². The summed E-state index contributed by atoms with van der Waals surface area (Å²) in [5.74, 6) is -1.93. The fraction of sp³-hybridized carbons (Fsp3) is 0.150. The molecular weight excluding hydrogens is 1750 g/mol. The van der Waals surface area contributed by atoms with Crippen molar-refractivity contribution in [1.29, 1.82) is 0 Å². The highest BCUT2D eigenvalue weighted by atomic mass is 16.3. The number of rotatable bonds is 9. The third kappa shape index (κ3) is 16.2. The fourth-order valence-corrected chi connectivity index (χ4v) is 20.1. The Bertz CT molecular complexity index is 9850. The zero-order valence-electron chi connectivity index (χ0n) is 91.0. The normalized spacial score (nSPS) is 12.6. The molecule has 0 aliphatic rings. The molecule has 1 atom stereocenters. The highest BCUT2D eigenvalue weighted by molar-refractivity contribution is 6.19. The standard InChI is InChI=1S/3C27H21N2O.C24H23N2O.C22H19N2O/c1-17-13-14-20-21-16-22(28-3)25(19-10-6-5-7-11-19)18(2)26(21)30-27(20)24(17)23-12-8-9-15-29(23)4;2*1-17-13-14-20-21-16-22(28-3)18(2)25(19-10-6-5-7-11-19)27(21)30-26(20)24(17)23-12-8-9-15-29(23)4;1-14(2)21-16(4)19(25-5)13-18-17-11-10-15(3)22(23(17)27-24(18)21)20-9-7-8-12-26(20)6;1-13-9-10-16-17-12-18(23-4)14(2)15(3)21(17)25-22(16)20(13)19-8-6-7-11-24(19)5/h3*5-16H,1-2,4H3;7-14H,1-4,6H3;6-12H,1-3,5H3/q5*+1/i;5D,6D,7D,10D,11D;;1D3,14D;. The molecule has 15 nitrogen and oxygen atoms in total. The Kier molecular flexibility index (Phi) is 22.2. The molecule has 0 saturated heterocycles. The van der Waals surface area contributed by atoms with Crippen molar-refractivity contribution in [2.24, 2.45) is 35.2 Å². The van der Waals surface area contributed by atoms with Crippen molar-refractivity contribution >= 4 is 138 Å². The minimum Gasteiger partial charge on any atom is -0.455 e. The van der Waals surface area contributed by atoms with Crippen LogP contribution >= 0.6 is 0 Å². The minimum atomic E-state index is -2.59. The molecule has 688 valence electrons. The first-order chi connectivity index (χ1) is 72.4. The van der Waals surface area contributed by atoms with E-state index in [1.54, 1.807) is 26.0 Å². The van der Waals surface area contributed by atoms with Crippen molar-refractivity contribution in [3.05, 3.63) is 428 Å². The lowest BCUT2D eigenvalue weighted by molar-refractivity contribution is -0.660. The van der Waals surface area contributed by atoms with Gasteiger partial charge in [-0.1, -0.05) is 165 Å². The Morgan fingerprint density at radius 1 is 0.254 bits per heavy atom. The number of furan rings is 5. The zero-order chi connectivity index (χ0) is 107. The van der Waals surface area contributed by atoms with Gasteiger partial charge in [0.25, 0.3) is 0 Å². The molecule has 142 heavy (non-hydrogen) atoms. The first kappa shape index (κ1) is 82.3. The van der Waals surface area contributed by atoms with Gasteiger partial charge in [0.05, 0.1) is 67.5 Å². The van der Waals surface area contributed by atoms with Gasteiger partial charge in [0.2, 0.25) is 28.5 Å². The lowest BCUT2D eigenvalue weighted by Gasteiger charge is -2.11. The lowest BCUT2D eigenvalue weighted by atomic mass is 9.93. The van der Waals surface area contributed by atoms with Crippen molar-refractivity contribution in [2.75, 3.05) is 0 Å². The van der Waals surface area contributed by atoms with Crippen LogP contribution in [0.15, 0.2) is 326 Å². The van der Waals surface area contributed by atoms with E-state index in [9.17, 15) is 0 Å². The Balaban J connectivity index is 0.000000119. The number of nitrogens with zero attached hydrogens (tertiary/aromatic N) is 10. The van der Waals surface area contributed by atoms with E-state index >= 15 is 0 Å². The van der Waals surface area contributed by atoms with Crippen molar-refractivity contribution < 1.29 is 57.3 Å². The second kappa shape index (κ2) is 38.2. The Labute approximate surface area is 838 Å². The van der Waals surface area contributed by atoms with E-state index in [-0.39, 0.29) is 23.2 Å². The van der Waals surface area contributed by atoms with E-state index < -0.39 is 30.9 Å². The fourth-order valence-electron chi connectivity index (χ4n) is 20.1. The van der Waals surface area contributed by atoms with Crippen LogP contribution in [-0.2, 0) is 35.2 Å². The summed E-state index contributed by atoms with van der Waals surface area (Å²) in [5.41, 5.74) is 35.4. The smallest absolute Gasteiger partial charge is 0.216 e. The molecule has 0 amide bonds. The van der Waals surface area contributed by atoms with Gasteiger partial charge in [-0.05, 0) is 232 Å². The molecule has 0 fully saturated rings. The predicted molar refractivity (Wildman–Crippen MR) is 575 cm³/mol. The van der Waals surface area contributed by atoms with E-state index in [4.69, 9.17) is 67.3 Å². The summed E-state index contributed by atoms with van der Waals surface area (Å²) in [5, 5.41) is 9.06. The monoisotopic (exact) mass is 1860 g/mol. The van der Waals surface area contributed by atoms with E-state index in [0.717, 1.165) is 200 Å². The maximum atomic E-state index is 8.75. The van der Waals surface area contributed by atoms with Gasteiger partial charge in [0, 0.05) is 131 Å². The summed E-state index contributed by atoms with van der Waals surface area (Å²) in [6.07, 6.45) is 10.1. The number of benzene rings is 13.